The van der Waals surface area contributed by atoms with Gasteiger partial charge in [-0.25, -0.2) is 4.98 Å². The molecule has 2 N–H and O–H groups in total. The fourth-order valence-corrected chi connectivity index (χ4v) is 2.19. The molecule has 0 amide bonds. The Hall–Kier alpha value is -2.20. The van der Waals surface area contributed by atoms with Crippen LogP contribution in [-0.2, 0) is 0 Å². The maximum absolute atomic E-state index is 9.79. The molecule has 0 saturated carbocycles. The van der Waals surface area contributed by atoms with Crippen LogP contribution in [0.5, 0.6) is 11.5 Å². The van der Waals surface area contributed by atoms with E-state index in [1.165, 1.54) is 7.11 Å². The first-order chi connectivity index (χ1) is 9.19. The van der Waals surface area contributed by atoms with Gasteiger partial charge < -0.3 is 14.8 Å². The number of fused-ring (bicyclic) bond motifs is 1. The first-order valence-corrected chi connectivity index (χ1v) is 6.08. The number of methoxy groups -OCH3 is 1. The van der Waals surface area contributed by atoms with Crippen LogP contribution in [0.4, 0.5) is 0 Å². The molecular weight excluding hydrogens is 264 g/mol. The number of halogens is 1. The predicted octanol–water partition coefficient (Wildman–Crippen LogP) is 3.60. The molecule has 3 rings (SSSR count). The number of para-hydroxylation sites is 1. The Kier molecular flexibility index (Phi) is 2.80. The van der Waals surface area contributed by atoms with Gasteiger partial charge >= 0.3 is 0 Å². The van der Waals surface area contributed by atoms with E-state index in [0.29, 0.717) is 16.6 Å². The van der Waals surface area contributed by atoms with Crippen molar-refractivity contribution in [2.75, 3.05) is 7.11 Å². The minimum Gasteiger partial charge on any atom is -0.504 e. The second kappa shape index (κ2) is 4.48. The first kappa shape index (κ1) is 11.9. The van der Waals surface area contributed by atoms with Gasteiger partial charge in [0.25, 0.3) is 0 Å². The average Bonchev–Trinajstić information content (AvgIpc) is 2.84. The molecule has 0 aliphatic rings. The lowest BCUT2D eigenvalue weighted by Gasteiger charge is -2.04. The second-order valence-electron chi connectivity index (χ2n) is 4.11. The van der Waals surface area contributed by atoms with Gasteiger partial charge in [0, 0.05) is 5.56 Å². The highest BCUT2D eigenvalue weighted by Crippen LogP contribution is 2.31. The van der Waals surface area contributed by atoms with Crippen LogP contribution in [0.3, 0.4) is 0 Å². The molecule has 0 radical (unpaired) electrons. The maximum Gasteiger partial charge on any atom is 0.160 e. The van der Waals surface area contributed by atoms with Gasteiger partial charge in [-0.3, -0.25) is 0 Å². The number of H-pyrrole nitrogens is 1. The standard InChI is InChI=1S/C14H11ClN2O2/c1-19-12-6-5-8(7-11(12)18)14-16-10-4-2-3-9(15)13(10)17-14/h2-7,18H,1H3,(H,16,17). The number of phenolic OH excluding ortho intramolecular Hbond substituents is 1. The summed E-state index contributed by atoms with van der Waals surface area (Å²) in [7, 11) is 1.51. The fraction of sp³-hybridized carbons (Fsp3) is 0.0714. The molecule has 1 aromatic heterocycles. The summed E-state index contributed by atoms with van der Waals surface area (Å²) in [4.78, 5) is 7.61. The Morgan fingerprint density at radius 2 is 2.11 bits per heavy atom. The molecule has 2 aromatic carbocycles. The van der Waals surface area contributed by atoms with E-state index in [0.717, 1.165) is 16.6 Å². The summed E-state index contributed by atoms with van der Waals surface area (Å²) in [6.07, 6.45) is 0. The molecular formula is C14H11ClN2O2. The zero-order valence-corrected chi connectivity index (χ0v) is 10.9. The maximum atomic E-state index is 9.79. The van der Waals surface area contributed by atoms with Crippen molar-refractivity contribution in [2.24, 2.45) is 0 Å². The van der Waals surface area contributed by atoms with Gasteiger partial charge in [0.05, 0.1) is 17.6 Å². The summed E-state index contributed by atoms with van der Waals surface area (Å²) >= 11 is 6.08. The zero-order chi connectivity index (χ0) is 13.4. The third-order valence-electron chi connectivity index (χ3n) is 2.92. The summed E-state index contributed by atoms with van der Waals surface area (Å²) in [5.74, 6) is 1.16. The topological polar surface area (TPSA) is 58.1 Å². The Balaban J connectivity index is 2.14. The minimum atomic E-state index is 0.0755. The summed E-state index contributed by atoms with van der Waals surface area (Å²) in [6.45, 7) is 0. The van der Waals surface area contributed by atoms with Crippen molar-refractivity contribution in [3.63, 3.8) is 0 Å². The summed E-state index contributed by atoms with van der Waals surface area (Å²) in [5, 5.41) is 10.4. The molecule has 3 aromatic rings. The van der Waals surface area contributed by atoms with Crippen molar-refractivity contribution in [2.45, 2.75) is 0 Å². The molecule has 5 heteroatoms. The smallest absolute Gasteiger partial charge is 0.160 e. The van der Waals surface area contributed by atoms with Crippen molar-refractivity contribution < 1.29 is 9.84 Å². The Morgan fingerprint density at radius 1 is 1.26 bits per heavy atom. The molecule has 0 bridgehead atoms. The second-order valence-corrected chi connectivity index (χ2v) is 4.52. The number of imidazole rings is 1. The third kappa shape index (κ3) is 2.00. The van der Waals surface area contributed by atoms with Crippen LogP contribution < -0.4 is 4.74 Å². The first-order valence-electron chi connectivity index (χ1n) is 5.70. The van der Waals surface area contributed by atoms with Gasteiger partial charge in [0.2, 0.25) is 0 Å². The lowest BCUT2D eigenvalue weighted by molar-refractivity contribution is 0.373. The number of rotatable bonds is 2. The number of hydrogen-bond donors (Lipinski definition) is 2. The van der Waals surface area contributed by atoms with E-state index in [1.54, 1.807) is 18.2 Å². The van der Waals surface area contributed by atoms with E-state index in [9.17, 15) is 5.11 Å². The lowest BCUT2D eigenvalue weighted by Crippen LogP contribution is -1.85. The molecule has 0 unspecified atom stereocenters. The molecule has 0 aliphatic carbocycles. The van der Waals surface area contributed by atoms with Gasteiger partial charge in [0.1, 0.15) is 11.3 Å². The number of aromatic amines is 1. The lowest BCUT2D eigenvalue weighted by atomic mass is 10.2. The van der Waals surface area contributed by atoms with E-state index < -0.39 is 0 Å². The monoisotopic (exact) mass is 274 g/mol. The molecule has 96 valence electrons. The Morgan fingerprint density at radius 3 is 2.79 bits per heavy atom. The molecule has 0 spiro atoms. The average molecular weight is 275 g/mol. The normalized spacial score (nSPS) is 10.8. The number of aromatic nitrogens is 2. The molecule has 0 fully saturated rings. The van der Waals surface area contributed by atoms with Crippen LogP contribution in [0.1, 0.15) is 0 Å². The Labute approximate surface area is 114 Å². The summed E-state index contributed by atoms with van der Waals surface area (Å²) < 4.78 is 5.01. The Bertz CT molecular complexity index is 752. The highest BCUT2D eigenvalue weighted by molar-refractivity contribution is 6.34. The molecule has 0 aliphatic heterocycles. The largest absolute Gasteiger partial charge is 0.504 e. The van der Waals surface area contributed by atoms with Crippen molar-refractivity contribution in [1.82, 2.24) is 9.97 Å². The van der Waals surface area contributed by atoms with Crippen molar-refractivity contribution in [1.29, 1.82) is 0 Å². The molecule has 19 heavy (non-hydrogen) atoms. The number of nitrogens with zero attached hydrogens (tertiary/aromatic N) is 1. The summed E-state index contributed by atoms with van der Waals surface area (Å²) in [6, 6.07) is 10.7. The van der Waals surface area contributed by atoms with Crippen molar-refractivity contribution in [3.8, 4) is 22.9 Å². The van der Waals surface area contributed by atoms with Crippen LogP contribution in [0, 0.1) is 0 Å². The molecule has 0 saturated heterocycles. The van der Waals surface area contributed by atoms with Crippen molar-refractivity contribution in [3.05, 3.63) is 41.4 Å². The number of benzene rings is 2. The van der Waals surface area contributed by atoms with Gasteiger partial charge in [-0.15, -0.1) is 0 Å². The van der Waals surface area contributed by atoms with Crippen LogP contribution in [0.2, 0.25) is 5.02 Å². The number of aromatic hydroxyl groups is 1. The molecule has 4 nitrogen and oxygen atoms in total. The third-order valence-corrected chi connectivity index (χ3v) is 3.22. The number of phenols is 1. The quantitative estimate of drug-likeness (QED) is 0.751. The van der Waals surface area contributed by atoms with Gasteiger partial charge in [0.15, 0.2) is 11.5 Å². The van der Waals surface area contributed by atoms with E-state index in [2.05, 4.69) is 9.97 Å². The van der Waals surface area contributed by atoms with E-state index in [4.69, 9.17) is 16.3 Å². The van der Waals surface area contributed by atoms with Crippen LogP contribution in [0.25, 0.3) is 22.4 Å². The van der Waals surface area contributed by atoms with Gasteiger partial charge in [-0.1, -0.05) is 17.7 Å². The van der Waals surface area contributed by atoms with Gasteiger partial charge in [-0.05, 0) is 30.3 Å². The van der Waals surface area contributed by atoms with Crippen LogP contribution in [-0.4, -0.2) is 22.2 Å². The van der Waals surface area contributed by atoms with E-state index in [-0.39, 0.29) is 5.75 Å². The van der Waals surface area contributed by atoms with Crippen molar-refractivity contribution >= 4 is 22.6 Å². The SMILES string of the molecule is COc1ccc(-c2nc3c(Cl)cccc3[nH]2)cc1O. The number of nitrogens with one attached hydrogen (secondary N) is 1. The van der Waals surface area contributed by atoms with E-state index in [1.807, 2.05) is 18.2 Å². The fourth-order valence-electron chi connectivity index (χ4n) is 1.97. The molecule has 0 atom stereocenters. The van der Waals surface area contributed by atoms with Crippen LogP contribution in [0.15, 0.2) is 36.4 Å². The highest BCUT2D eigenvalue weighted by Gasteiger charge is 2.10. The predicted molar refractivity (Wildman–Crippen MR) is 74.8 cm³/mol. The van der Waals surface area contributed by atoms with E-state index >= 15 is 0 Å². The van der Waals surface area contributed by atoms with Crippen LogP contribution >= 0.6 is 11.6 Å². The zero-order valence-electron chi connectivity index (χ0n) is 10.1. The number of hydrogen-bond acceptors (Lipinski definition) is 3. The van der Waals surface area contributed by atoms with Gasteiger partial charge in [-0.2, -0.15) is 0 Å². The minimum absolute atomic E-state index is 0.0755. The highest BCUT2D eigenvalue weighted by atomic mass is 35.5. The summed E-state index contributed by atoms with van der Waals surface area (Å²) in [5.41, 5.74) is 2.35. The number of ether oxygens (including phenoxy) is 1. The molecule has 1 heterocycles.